The van der Waals surface area contributed by atoms with Crippen molar-refractivity contribution in [2.75, 3.05) is 0 Å². The summed E-state index contributed by atoms with van der Waals surface area (Å²) in [5, 5.41) is 4.42. The molecule has 0 fully saturated rings. The Hall–Kier alpha value is -4.58. The molecule has 0 unspecified atom stereocenters. The fraction of sp³-hybridized carbons (Fsp3) is 0.0714. The van der Waals surface area contributed by atoms with Gasteiger partial charge in [-0.25, -0.2) is 9.97 Å². The van der Waals surface area contributed by atoms with Crippen molar-refractivity contribution in [3.05, 3.63) is 93.5 Å². The molecule has 8 rings (SSSR count). The van der Waals surface area contributed by atoms with E-state index < -0.39 is 0 Å². The van der Waals surface area contributed by atoms with Gasteiger partial charge in [-0.2, -0.15) is 0 Å². The number of imidazole rings is 2. The molecule has 0 N–H and O–H groups in total. The Morgan fingerprint density at radius 3 is 1.35 bits per heavy atom. The Labute approximate surface area is 192 Å². The highest BCUT2D eigenvalue weighted by atomic mass is 16.1. The Balaban J connectivity index is 0.000000977. The Morgan fingerprint density at radius 2 is 0.912 bits per heavy atom. The van der Waals surface area contributed by atoms with E-state index in [9.17, 15) is 9.59 Å². The summed E-state index contributed by atoms with van der Waals surface area (Å²) < 4.78 is 3.35. The van der Waals surface area contributed by atoms with Crippen LogP contribution in [-0.2, 0) is 0 Å². The molecular formula is C28H18N4O2. The number of fused-ring (bicyclic) bond motifs is 8. The predicted molar refractivity (Wildman–Crippen MR) is 138 cm³/mol. The number of hydrogen-bond donors (Lipinski definition) is 0. The second kappa shape index (κ2) is 6.48. The van der Waals surface area contributed by atoms with Gasteiger partial charge < -0.3 is 0 Å². The Bertz CT molecular complexity index is 2030. The summed E-state index contributed by atoms with van der Waals surface area (Å²) >= 11 is 0. The van der Waals surface area contributed by atoms with Gasteiger partial charge in [-0.3, -0.25) is 18.4 Å². The summed E-state index contributed by atoms with van der Waals surface area (Å²) in [5.74, 6) is 0. The highest BCUT2D eigenvalue weighted by molar-refractivity contribution is 6.27. The van der Waals surface area contributed by atoms with Crippen LogP contribution in [0.2, 0.25) is 0 Å². The third-order valence-electron chi connectivity index (χ3n) is 6.63. The zero-order valence-corrected chi connectivity index (χ0v) is 18.5. The molecule has 0 atom stereocenters. The molecule has 0 saturated heterocycles. The third kappa shape index (κ3) is 2.10. The van der Waals surface area contributed by atoms with Crippen molar-refractivity contribution in [1.29, 1.82) is 0 Å². The van der Waals surface area contributed by atoms with Crippen LogP contribution < -0.4 is 11.1 Å². The van der Waals surface area contributed by atoms with Gasteiger partial charge in [0.15, 0.2) is 0 Å². The van der Waals surface area contributed by atoms with Gasteiger partial charge in [-0.1, -0.05) is 38.1 Å². The van der Waals surface area contributed by atoms with Crippen LogP contribution in [0, 0.1) is 0 Å². The van der Waals surface area contributed by atoms with E-state index in [4.69, 9.17) is 9.97 Å². The van der Waals surface area contributed by atoms with Gasteiger partial charge in [0.2, 0.25) is 0 Å². The number of aromatic nitrogens is 4. The maximum absolute atomic E-state index is 13.6. The van der Waals surface area contributed by atoms with Crippen molar-refractivity contribution in [3.8, 4) is 0 Å². The summed E-state index contributed by atoms with van der Waals surface area (Å²) in [5.41, 5.74) is 4.07. The smallest absolute Gasteiger partial charge is 0.264 e. The topological polar surface area (TPSA) is 68.7 Å². The minimum Gasteiger partial charge on any atom is -0.268 e. The highest BCUT2D eigenvalue weighted by Crippen LogP contribution is 2.36. The zero-order valence-electron chi connectivity index (χ0n) is 18.5. The normalized spacial score (nSPS) is 12.1. The van der Waals surface area contributed by atoms with Crippen molar-refractivity contribution in [3.63, 3.8) is 0 Å². The number of para-hydroxylation sites is 4. The molecule has 0 bridgehead atoms. The van der Waals surface area contributed by atoms with Crippen LogP contribution in [0.5, 0.6) is 0 Å². The van der Waals surface area contributed by atoms with Crippen molar-refractivity contribution in [2.45, 2.75) is 13.8 Å². The molecule has 0 aliphatic heterocycles. The second-order valence-electron chi connectivity index (χ2n) is 8.20. The molecule has 0 spiro atoms. The number of rotatable bonds is 0. The third-order valence-corrected chi connectivity index (χ3v) is 6.63. The molecular weight excluding hydrogens is 424 g/mol. The largest absolute Gasteiger partial charge is 0.268 e. The van der Waals surface area contributed by atoms with E-state index in [2.05, 4.69) is 0 Å². The first-order valence-corrected chi connectivity index (χ1v) is 11.4. The van der Waals surface area contributed by atoms with Crippen molar-refractivity contribution >= 4 is 65.7 Å². The lowest BCUT2D eigenvalue weighted by atomic mass is 9.96. The molecule has 8 aromatic rings. The van der Waals surface area contributed by atoms with Crippen LogP contribution in [0.3, 0.4) is 0 Å². The molecule has 0 aliphatic rings. The number of benzene rings is 4. The summed E-state index contributed by atoms with van der Waals surface area (Å²) in [7, 11) is 0. The second-order valence-corrected chi connectivity index (χ2v) is 8.20. The standard InChI is InChI=1S/C26H12N4O2.C2H6/c31-25-15-11-12-16-22-14(24-28-18-6-2-4-8-20(18)30(24)26(16)32)10-9-13(21(15)22)23-27-17-5-1-3-7-19(17)29(23)25;1-2/h1-12H;1-2H3. The molecule has 0 saturated carbocycles. The average Bonchev–Trinajstić information content (AvgIpc) is 3.47. The summed E-state index contributed by atoms with van der Waals surface area (Å²) in [4.78, 5) is 36.7. The highest BCUT2D eigenvalue weighted by Gasteiger charge is 2.21. The van der Waals surface area contributed by atoms with Gasteiger partial charge in [0, 0.05) is 32.3 Å². The summed E-state index contributed by atoms with van der Waals surface area (Å²) in [6.45, 7) is 4.00. The van der Waals surface area contributed by atoms with Crippen molar-refractivity contribution in [2.24, 2.45) is 0 Å². The van der Waals surface area contributed by atoms with Crippen LogP contribution in [0.1, 0.15) is 13.8 Å². The lowest BCUT2D eigenvalue weighted by molar-refractivity contribution is 1.18. The first-order chi connectivity index (χ1) is 16.7. The van der Waals surface area contributed by atoms with Crippen LogP contribution in [0.4, 0.5) is 0 Å². The Morgan fingerprint density at radius 1 is 0.529 bits per heavy atom. The maximum Gasteiger partial charge on any atom is 0.264 e. The van der Waals surface area contributed by atoms with E-state index >= 15 is 0 Å². The van der Waals surface area contributed by atoms with Crippen LogP contribution in [0.15, 0.2) is 82.4 Å². The number of pyridine rings is 2. The quantitative estimate of drug-likeness (QED) is 0.296. The molecule has 4 heterocycles. The molecule has 4 aromatic heterocycles. The molecule has 0 aliphatic carbocycles. The van der Waals surface area contributed by atoms with E-state index in [0.29, 0.717) is 22.1 Å². The molecule has 6 nitrogen and oxygen atoms in total. The first kappa shape index (κ1) is 18.9. The van der Waals surface area contributed by atoms with E-state index in [1.807, 2.05) is 74.5 Å². The molecule has 6 heteroatoms. The predicted octanol–water partition coefficient (Wildman–Crippen LogP) is 5.37. The van der Waals surface area contributed by atoms with Crippen LogP contribution in [0.25, 0.3) is 65.7 Å². The fourth-order valence-corrected chi connectivity index (χ4v) is 5.29. The van der Waals surface area contributed by atoms with E-state index in [-0.39, 0.29) is 11.1 Å². The van der Waals surface area contributed by atoms with E-state index in [0.717, 1.165) is 43.6 Å². The van der Waals surface area contributed by atoms with Crippen molar-refractivity contribution in [1.82, 2.24) is 18.8 Å². The number of hydrogen-bond acceptors (Lipinski definition) is 4. The molecule has 34 heavy (non-hydrogen) atoms. The van der Waals surface area contributed by atoms with E-state index in [1.54, 1.807) is 20.9 Å². The minimum atomic E-state index is -0.128. The monoisotopic (exact) mass is 442 g/mol. The molecule has 162 valence electrons. The summed E-state index contributed by atoms with van der Waals surface area (Å²) in [6, 6.07) is 22.8. The molecule has 0 amide bonds. The molecule has 4 aromatic carbocycles. The average molecular weight is 442 g/mol. The Kier molecular flexibility index (Phi) is 3.61. The van der Waals surface area contributed by atoms with Gasteiger partial charge in [0.05, 0.1) is 22.1 Å². The van der Waals surface area contributed by atoms with E-state index in [1.165, 1.54) is 0 Å². The SMILES string of the molecule is CC.O=c1c2ccc3c(=O)n4c5ccccc5nc4c4ccc(c2c34)c2nc3ccccc3n12. The molecule has 0 radical (unpaired) electrons. The lowest BCUT2D eigenvalue weighted by Crippen LogP contribution is -2.16. The zero-order chi connectivity index (χ0) is 23.1. The van der Waals surface area contributed by atoms with Crippen molar-refractivity contribution < 1.29 is 0 Å². The number of nitrogens with zero attached hydrogens (tertiary/aromatic N) is 4. The lowest BCUT2D eigenvalue weighted by Gasteiger charge is -2.12. The fourth-order valence-electron chi connectivity index (χ4n) is 5.29. The van der Waals surface area contributed by atoms with Gasteiger partial charge in [-0.15, -0.1) is 0 Å². The van der Waals surface area contributed by atoms with Gasteiger partial charge >= 0.3 is 0 Å². The van der Waals surface area contributed by atoms with Gasteiger partial charge in [0.25, 0.3) is 11.1 Å². The van der Waals surface area contributed by atoms with Gasteiger partial charge in [0.1, 0.15) is 11.3 Å². The van der Waals surface area contributed by atoms with Crippen LogP contribution >= 0.6 is 0 Å². The maximum atomic E-state index is 13.6. The van der Waals surface area contributed by atoms with Gasteiger partial charge in [-0.05, 0) is 48.5 Å². The first-order valence-electron chi connectivity index (χ1n) is 11.4. The summed E-state index contributed by atoms with van der Waals surface area (Å²) in [6.07, 6.45) is 0. The minimum absolute atomic E-state index is 0.128. The van der Waals surface area contributed by atoms with Crippen LogP contribution in [-0.4, -0.2) is 18.8 Å².